The lowest BCUT2D eigenvalue weighted by atomic mass is 10.2. The van der Waals surface area contributed by atoms with E-state index in [-0.39, 0.29) is 22.4 Å². The molecule has 112 valence electrons. The summed E-state index contributed by atoms with van der Waals surface area (Å²) in [5, 5.41) is 10.3. The first-order valence-corrected chi connectivity index (χ1v) is 8.61. The van der Waals surface area contributed by atoms with Crippen LogP contribution in [-0.2, 0) is 10.0 Å². The molecule has 1 saturated carbocycles. The molecule has 1 aliphatic rings. The smallest absolute Gasteiger partial charge is 0.242 e. The highest BCUT2D eigenvalue weighted by atomic mass is 35.5. The summed E-state index contributed by atoms with van der Waals surface area (Å²) < 4.78 is 27.1. The fraction of sp³-hybridized carbons (Fsp3) is 0.538. The van der Waals surface area contributed by atoms with Crippen molar-refractivity contribution in [3.8, 4) is 0 Å². The van der Waals surface area contributed by atoms with Gasteiger partial charge in [0.2, 0.25) is 10.0 Å². The molecule has 0 heterocycles. The number of aliphatic hydroxyl groups is 1. The second-order valence-corrected chi connectivity index (χ2v) is 7.69. The normalized spacial score (nSPS) is 17.2. The number of halogens is 2. The molecule has 1 aromatic carbocycles. The predicted octanol–water partition coefficient (Wildman–Crippen LogP) is 2.66. The number of hydrogen-bond acceptors (Lipinski definition) is 3. The first-order valence-electron chi connectivity index (χ1n) is 6.37. The van der Waals surface area contributed by atoms with Crippen LogP contribution in [0.1, 0.15) is 24.0 Å². The molecular formula is C13H17Cl2NO3S. The van der Waals surface area contributed by atoms with Crippen LogP contribution in [0.25, 0.3) is 0 Å². The summed E-state index contributed by atoms with van der Waals surface area (Å²) >= 11 is 12.1. The van der Waals surface area contributed by atoms with Gasteiger partial charge in [0, 0.05) is 11.6 Å². The van der Waals surface area contributed by atoms with Crippen LogP contribution in [0.15, 0.2) is 11.0 Å². The van der Waals surface area contributed by atoms with Gasteiger partial charge in [0.1, 0.15) is 4.90 Å². The lowest BCUT2D eigenvalue weighted by Crippen LogP contribution is -2.33. The zero-order chi connectivity index (χ0) is 15.1. The molecule has 0 aromatic heterocycles. The molecular weight excluding hydrogens is 321 g/mol. The first-order chi connectivity index (χ1) is 9.24. The summed E-state index contributed by atoms with van der Waals surface area (Å²) in [5.74, 6) is 0.204. The lowest BCUT2D eigenvalue weighted by Gasteiger charge is -2.15. The second-order valence-electron chi connectivity index (χ2n) is 5.20. The standard InChI is InChI=1S/C13H17Cl2NO3S/c1-7-5-10(14)8(2)13(12(7)15)20(18,19)16-6-11(17)9-3-4-9/h5,9,11,16-17H,3-4,6H2,1-2H3. The molecule has 1 aromatic rings. The average molecular weight is 338 g/mol. The third kappa shape index (κ3) is 3.28. The van der Waals surface area contributed by atoms with E-state index in [9.17, 15) is 13.5 Å². The summed E-state index contributed by atoms with van der Waals surface area (Å²) in [6.07, 6.45) is 1.24. The van der Waals surface area contributed by atoms with Crippen molar-refractivity contribution in [3.63, 3.8) is 0 Å². The minimum Gasteiger partial charge on any atom is -0.391 e. The minimum atomic E-state index is -3.79. The molecule has 0 aliphatic heterocycles. The van der Waals surface area contributed by atoms with Crippen molar-refractivity contribution in [2.75, 3.05) is 6.54 Å². The van der Waals surface area contributed by atoms with Crippen molar-refractivity contribution in [1.29, 1.82) is 0 Å². The maximum Gasteiger partial charge on any atom is 0.242 e. The van der Waals surface area contributed by atoms with Crippen molar-refractivity contribution in [2.45, 2.75) is 37.7 Å². The molecule has 1 unspecified atom stereocenters. The third-order valence-corrected chi connectivity index (χ3v) is 6.09. The first kappa shape index (κ1) is 16.0. The van der Waals surface area contributed by atoms with E-state index in [1.807, 2.05) is 0 Å². The Bertz CT molecular complexity index is 601. The molecule has 4 nitrogen and oxygen atoms in total. The van der Waals surface area contributed by atoms with E-state index >= 15 is 0 Å². The SMILES string of the molecule is Cc1cc(Cl)c(C)c(S(=O)(=O)NCC(O)C2CC2)c1Cl. The van der Waals surface area contributed by atoms with Gasteiger partial charge >= 0.3 is 0 Å². The van der Waals surface area contributed by atoms with Crippen molar-refractivity contribution in [3.05, 3.63) is 27.2 Å². The molecule has 0 spiro atoms. The van der Waals surface area contributed by atoms with Gasteiger partial charge in [-0.15, -0.1) is 0 Å². The molecule has 1 aliphatic carbocycles. The number of aliphatic hydroxyl groups excluding tert-OH is 1. The Balaban J connectivity index is 2.29. The zero-order valence-electron chi connectivity index (χ0n) is 11.3. The maximum absolute atomic E-state index is 12.4. The minimum absolute atomic E-state index is 0.00563. The van der Waals surface area contributed by atoms with Crippen LogP contribution >= 0.6 is 23.2 Å². The number of hydrogen-bond donors (Lipinski definition) is 2. The van der Waals surface area contributed by atoms with Crippen molar-refractivity contribution < 1.29 is 13.5 Å². The maximum atomic E-state index is 12.4. The monoisotopic (exact) mass is 337 g/mol. The van der Waals surface area contributed by atoms with E-state index in [1.54, 1.807) is 19.9 Å². The van der Waals surface area contributed by atoms with Gasteiger partial charge in [-0.3, -0.25) is 0 Å². The van der Waals surface area contributed by atoms with E-state index in [4.69, 9.17) is 23.2 Å². The molecule has 1 fully saturated rings. The average Bonchev–Trinajstić information content (AvgIpc) is 3.18. The van der Waals surface area contributed by atoms with E-state index in [0.29, 0.717) is 16.1 Å². The van der Waals surface area contributed by atoms with Gasteiger partial charge < -0.3 is 5.11 Å². The Kier molecular flexibility index (Phi) is 4.66. The summed E-state index contributed by atoms with van der Waals surface area (Å²) in [5.41, 5.74) is 1.01. The summed E-state index contributed by atoms with van der Waals surface area (Å²) in [7, 11) is -3.79. The topological polar surface area (TPSA) is 66.4 Å². The van der Waals surface area contributed by atoms with Crippen LogP contribution in [0.4, 0.5) is 0 Å². The molecule has 0 saturated heterocycles. The second kappa shape index (κ2) is 5.81. The Labute approximate surface area is 129 Å². The lowest BCUT2D eigenvalue weighted by molar-refractivity contribution is 0.155. The Morgan fingerprint density at radius 1 is 1.40 bits per heavy atom. The molecule has 0 radical (unpaired) electrons. The van der Waals surface area contributed by atoms with Crippen LogP contribution in [0, 0.1) is 19.8 Å². The van der Waals surface area contributed by atoms with Gasteiger partial charge in [-0.25, -0.2) is 13.1 Å². The van der Waals surface area contributed by atoms with Crippen molar-refractivity contribution in [1.82, 2.24) is 4.72 Å². The van der Waals surface area contributed by atoms with Crippen molar-refractivity contribution in [2.24, 2.45) is 5.92 Å². The number of aryl methyl sites for hydroxylation is 1. The Morgan fingerprint density at radius 3 is 2.55 bits per heavy atom. The largest absolute Gasteiger partial charge is 0.391 e. The molecule has 20 heavy (non-hydrogen) atoms. The van der Waals surface area contributed by atoms with Crippen LogP contribution in [0.5, 0.6) is 0 Å². The van der Waals surface area contributed by atoms with Crippen LogP contribution in [0.2, 0.25) is 10.0 Å². The van der Waals surface area contributed by atoms with Gasteiger partial charge in [-0.2, -0.15) is 0 Å². The highest BCUT2D eigenvalue weighted by Gasteiger charge is 2.31. The molecule has 2 N–H and O–H groups in total. The summed E-state index contributed by atoms with van der Waals surface area (Å²) in [4.78, 5) is -0.00726. The fourth-order valence-corrected chi connectivity index (χ4v) is 4.31. The van der Waals surface area contributed by atoms with Gasteiger partial charge in [0.25, 0.3) is 0 Å². The van der Waals surface area contributed by atoms with Crippen LogP contribution in [0.3, 0.4) is 0 Å². The highest BCUT2D eigenvalue weighted by molar-refractivity contribution is 7.89. The van der Waals surface area contributed by atoms with Gasteiger partial charge in [-0.05, 0) is 49.8 Å². The van der Waals surface area contributed by atoms with E-state index in [1.165, 1.54) is 0 Å². The summed E-state index contributed by atoms with van der Waals surface area (Å²) in [6, 6.07) is 1.64. The third-order valence-electron chi connectivity index (χ3n) is 3.51. The molecule has 7 heteroatoms. The highest BCUT2D eigenvalue weighted by Crippen LogP contribution is 2.34. The molecule has 0 amide bonds. The summed E-state index contributed by atoms with van der Waals surface area (Å²) in [6.45, 7) is 3.31. The Morgan fingerprint density at radius 2 is 2.00 bits per heavy atom. The van der Waals surface area contributed by atoms with Gasteiger partial charge in [0.15, 0.2) is 0 Å². The van der Waals surface area contributed by atoms with Crippen LogP contribution < -0.4 is 4.72 Å². The fourth-order valence-electron chi connectivity index (χ4n) is 2.05. The zero-order valence-corrected chi connectivity index (χ0v) is 13.6. The predicted molar refractivity (Wildman–Crippen MR) is 79.9 cm³/mol. The van der Waals surface area contributed by atoms with E-state index in [0.717, 1.165) is 12.8 Å². The molecule has 2 rings (SSSR count). The Hall–Kier alpha value is -0.330. The van der Waals surface area contributed by atoms with Gasteiger partial charge in [-0.1, -0.05) is 23.2 Å². The number of nitrogens with one attached hydrogen (secondary N) is 1. The van der Waals surface area contributed by atoms with Gasteiger partial charge in [0.05, 0.1) is 11.1 Å². The number of rotatable bonds is 5. The number of sulfonamides is 1. The van der Waals surface area contributed by atoms with Crippen molar-refractivity contribution >= 4 is 33.2 Å². The van der Waals surface area contributed by atoms with Crippen LogP contribution in [-0.4, -0.2) is 26.2 Å². The van der Waals surface area contributed by atoms with E-state index < -0.39 is 16.1 Å². The number of benzene rings is 1. The molecule has 0 bridgehead atoms. The quantitative estimate of drug-likeness (QED) is 0.867. The molecule has 1 atom stereocenters. The van der Waals surface area contributed by atoms with E-state index in [2.05, 4.69) is 4.72 Å².